The summed E-state index contributed by atoms with van der Waals surface area (Å²) in [7, 11) is 1.26. The summed E-state index contributed by atoms with van der Waals surface area (Å²) in [4.78, 5) is 37.5. The molecule has 44 heavy (non-hydrogen) atoms. The molecule has 5 atom stereocenters. The van der Waals surface area contributed by atoms with Crippen molar-refractivity contribution in [3.8, 4) is 5.75 Å². The Morgan fingerprint density at radius 1 is 0.977 bits per heavy atom. The molecule has 1 aliphatic heterocycles. The van der Waals surface area contributed by atoms with Crippen LogP contribution in [0.5, 0.6) is 5.75 Å². The fourth-order valence-electron chi connectivity index (χ4n) is 6.11. The molecule has 4 aromatic carbocycles. The van der Waals surface area contributed by atoms with Gasteiger partial charge in [-0.15, -0.1) is 23.4 Å². The van der Waals surface area contributed by atoms with E-state index in [0.29, 0.717) is 21.9 Å². The lowest BCUT2D eigenvalue weighted by Gasteiger charge is -2.38. The van der Waals surface area contributed by atoms with Gasteiger partial charge >= 0.3 is 11.9 Å². The maximum atomic E-state index is 13.4. The number of hydrogen-bond acceptors (Lipinski definition) is 8. The van der Waals surface area contributed by atoms with Gasteiger partial charge in [0.05, 0.1) is 33.9 Å². The van der Waals surface area contributed by atoms with Gasteiger partial charge in [0.1, 0.15) is 11.3 Å². The van der Waals surface area contributed by atoms with Crippen LogP contribution < -0.4 is 10.1 Å². The Bertz CT molecular complexity index is 1750. The molecule has 0 radical (unpaired) electrons. The van der Waals surface area contributed by atoms with Crippen molar-refractivity contribution in [1.82, 2.24) is 0 Å². The van der Waals surface area contributed by atoms with E-state index in [1.165, 1.54) is 37.1 Å². The molecule has 1 saturated carbocycles. The van der Waals surface area contributed by atoms with Crippen molar-refractivity contribution in [1.29, 1.82) is 0 Å². The first-order valence-electron chi connectivity index (χ1n) is 13.8. The minimum atomic E-state index is -0.629. The number of anilines is 1. The van der Waals surface area contributed by atoms with Gasteiger partial charge in [-0.05, 0) is 72.0 Å². The van der Waals surface area contributed by atoms with E-state index in [1.54, 1.807) is 42.5 Å². The first-order chi connectivity index (χ1) is 21.2. The molecule has 6 rings (SSSR count). The normalized spacial score (nSPS) is 21.8. The molecule has 0 saturated heterocycles. The minimum absolute atomic E-state index is 0.0118. The van der Waals surface area contributed by atoms with E-state index in [2.05, 4.69) is 5.32 Å². The van der Waals surface area contributed by atoms with Crippen molar-refractivity contribution in [2.45, 2.75) is 33.9 Å². The highest BCUT2D eigenvalue weighted by Crippen LogP contribution is 2.58. The fraction of sp³-hybridized carbons (Fsp3) is 0.212. The maximum Gasteiger partial charge on any atom is 0.343 e. The van der Waals surface area contributed by atoms with E-state index >= 15 is 0 Å². The van der Waals surface area contributed by atoms with Crippen molar-refractivity contribution < 1.29 is 24.0 Å². The molecule has 1 fully saturated rings. The Morgan fingerprint density at radius 2 is 1.70 bits per heavy atom. The Morgan fingerprint density at radius 3 is 2.45 bits per heavy atom. The van der Waals surface area contributed by atoms with Crippen LogP contribution in [0.1, 0.15) is 50.2 Å². The monoisotopic (exact) mass is 648 g/mol. The molecular formula is C33H26Cl2N2O6S. The number of nitrogens with zero attached hydrogens (tertiary/aromatic N) is 1. The lowest BCUT2D eigenvalue weighted by atomic mass is 9.77. The molecule has 0 spiro atoms. The molecule has 8 nitrogen and oxygen atoms in total. The summed E-state index contributed by atoms with van der Waals surface area (Å²) in [5.41, 5.74) is 3.22. The largest absolute Gasteiger partial charge is 0.465 e. The Balaban J connectivity index is 1.35. The lowest BCUT2D eigenvalue weighted by Crippen LogP contribution is -2.31. The number of nitro groups is 1. The number of esters is 2. The zero-order valence-corrected chi connectivity index (χ0v) is 25.6. The number of thioether (sulfide) groups is 1. The molecule has 0 aromatic heterocycles. The van der Waals surface area contributed by atoms with Crippen molar-refractivity contribution in [2.75, 3.05) is 12.4 Å². The average Bonchev–Trinajstić information content (AvgIpc) is 3.36. The zero-order chi connectivity index (χ0) is 31.0. The molecule has 0 amide bonds. The van der Waals surface area contributed by atoms with Crippen molar-refractivity contribution in [2.24, 2.45) is 5.92 Å². The number of halogens is 2. The zero-order valence-electron chi connectivity index (χ0n) is 23.3. The summed E-state index contributed by atoms with van der Waals surface area (Å²) in [6.07, 6.45) is 0.677. The topological polar surface area (TPSA) is 108 Å². The number of ether oxygens (including phenoxy) is 2. The van der Waals surface area contributed by atoms with Crippen molar-refractivity contribution >= 4 is 58.3 Å². The highest BCUT2D eigenvalue weighted by atomic mass is 35.5. The average molecular weight is 650 g/mol. The van der Waals surface area contributed by atoms with Crippen LogP contribution in [0.2, 0.25) is 5.02 Å². The number of nitro benzene ring substituents is 1. The van der Waals surface area contributed by atoms with E-state index in [-0.39, 0.29) is 45.1 Å². The molecule has 4 aromatic rings. The van der Waals surface area contributed by atoms with Crippen LogP contribution in [-0.2, 0) is 4.74 Å². The SMILES string of the molecule is COC(=O)c1ccccc1OC(=O)c1ccc2c(c1)[C@@H]1[C@@H](Cl)[C@@H](Sc3ccccc3[N+](=O)[O-])C[C@H]1[C@H](c1ccc(Cl)cc1)N2. The molecule has 2 aliphatic rings. The standard InChI is InChI=1S/C33H26Cl2N2O6S/c1-42-33(39)21-6-2-4-8-26(21)43-32(38)19-12-15-24-22(16-19)29-23(31(36-24)18-10-13-20(34)14-11-18)17-28(30(29)35)44-27-9-5-3-7-25(27)37(40)41/h2-16,23,28-31,36H,17H2,1H3/t23-,28+,29+,30+,31+/m1/s1. The number of fused-ring (bicyclic) bond motifs is 3. The third kappa shape index (κ3) is 5.75. The summed E-state index contributed by atoms with van der Waals surface area (Å²) in [5, 5.41) is 15.5. The molecule has 11 heteroatoms. The highest BCUT2D eigenvalue weighted by Gasteiger charge is 2.50. The molecule has 0 unspecified atom stereocenters. The van der Waals surface area contributed by atoms with Crippen LogP contribution in [-0.4, -0.2) is 34.6 Å². The van der Waals surface area contributed by atoms with E-state index in [4.69, 9.17) is 32.7 Å². The summed E-state index contributed by atoms with van der Waals surface area (Å²) in [6.45, 7) is 0. The van der Waals surface area contributed by atoms with E-state index in [9.17, 15) is 19.7 Å². The van der Waals surface area contributed by atoms with E-state index < -0.39 is 17.3 Å². The molecule has 1 heterocycles. The van der Waals surface area contributed by atoms with Crippen molar-refractivity contribution in [3.63, 3.8) is 0 Å². The van der Waals surface area contributed by atoms with Gasteiger partial charge in [0, 0.05) is 27.9 Å². The van der Waals surface area contributed by atoms with Crippen LogP contribution in [0.25, 0.3) is 0 Å². The predicted molar refractivity (Wildman–Crippen MR) is 170 cm³/mol. The summed E-state index contributed by atoms with van der Waals surface area (Å²) >= 11 is 14.9. The van der Waals surface area contributed by atoms with Gasteiger partial charge in [-0.25, -0.2) is 9.59 Å². The first-order valence-corrected chi connectivity index (χ1v) is 15.5. The fourth-order valence-corrected chi connectivity index (χ4v) is 8.18. The van der Waals surface area contributed by atoms with E-state index in [1.807, 2.05) is 30.3 Å². The van der Waals surface area contributed by atoms with E-state index in [0.717, 1.165) is 16.8 Å². The summed E-state index contributed by atoms with van der Waals surface area (Å²) < 4.78 is 10.5. The number of hydrogen-bond donors (Lipinski definition) is 1. The number of carbonyl (C=O) groups is 2. The third-order valence-corrected chi connectivity index (χ3v) is 10.5. The van der Waals surface area contributed by atoms with Crippen LogP contribution in [0.4, 0.5) is 11.4 Å². The Kier molecular flexibility index (Phi) is 8.53. The van der Waals surface area contributed by atoms with Gasteiger partial charge < -0.3 is 14.8 Å². The number of para-hydroxylation sites is 2. The molecular weight excluding hydrogens is 623 g/mol. The number of methoxy groups -OCH3 is 1. The molecule has 1 N–H and O–H groups in total. The number of carbonyl (C=O) groups excluding carboxylic acids is 2. The van der Waals surface area contributed by atoms with Gasteiger partial charge in [-0.1, -0.05) is 48.0 Å². The quantitative estimate of drug-likeness (QED) is 0.0701. The number of alkyl halides is 1. The molecule has 0 bridgehead atoms. The molecule has 1 aliphatic carbocycles. The second kappa shape index (κ2) is 12.5. The summed E-state index contributed by atoms with van der Waals surface area (Å²) in [6, 6.07) is 25.9. The van der Waals surface area contributed by atoms with Crippen LogP contribution in [0.3, 0.4) is 0 Å². The second-order valence-electron chi connectivity index (χ2n) is 10.6. The van der Waals surface area contributed by atoms with Gasteiger partial charge in [0.2, 0.25) is 0 Å². The Labute approximate surface area is 267 Å². The van der Waals surface area contributed by atoms with Crippen LogP contribution in [0.15, 0.2) is 95.9 Å². The second-order valence-corrected chi connectivity index (χ2v) is 12.8. The van der Waals surface area contributed by atoms with Gasteiger partial charge in [0.15, 0.2) is 0 Å². The maximum absolute atomic E-state index is 13.4. The van der Waals surface area contributed by atoms with Crippen molar-refractivity contribution in [3.05, 3.63) is 128 Å². The van der Waals surface area contributed by atoms with Gasteiger partial charge in [0.25, 0.3) is 5.69 Å². The number of nitrogens with one attached hydrogen (secondary N) is 1. The van der Waals surface area contributed by atoms with Crippen LogP contribution >= 0.6 is 35.0 Å². The Hall–Kier alpha value is -4.05. The number of benzene rings is 4. The molecule has 224 valence electrons. The predicted octanol–water partition coefficient (Wildman–Crippen LogP) is 8.29. The third-order valence-electron chi connectivity index (χ3n) is 8.11. The van der Waals surface area contributed by atoms with Crippen LogP contribution in [0, 0.1) is 16.0 Å². The highest BCUT2D eigenvalue weighted by molar-refractivity contribution is 8.00. The lowest BCUT2D eigenvalue weighted by molar-refractivity contribution is -0.387. The van der Waals surface area contributed by atoms with Gasteiger partial charge in [-0.2, -0.15) is 0 Å². The van der Waals surface area contributed by atoms with Gasteiger partial charge in [-0.3, -0.25) is 10.1 Å². The first kappa shape index (κ1) is 30.0. The number of rotatable bonds is 7. The summed E-state index contributed by atoms with van der Waals surface area (Å²) in [5.74, 6) is -1.31. The minimum Gasteiger partial charge on any atom is -0.465 e. The smallest absolute Gasteiger partial charge is 0.343 e.